The summed E-state index contributed by atoms with van der Waals surface area (Å²) in [6.45, 7) is 0. The maximum Gasteiger partial charge on any atom is 0.195 e. The molecule has 0 aliphatic rings. The highest BCUT2D eigenvalue weighted by Crippen LogP contribution is 2.13. The van der Waals surface area contributed by atoms with Crippen LogP contribution in [0, 0.1) is 29.3 Å². The van der Waals surface area contributed by atoms with E-state index >= 15 is 0 Å². The molecule has 14 heavy (non-hydrogen) atoms. The summed E-state index contributed by atoms with van der Waals surface area (Å²) in [6.07, 6.45) is 0.375. The molecule has 0 aromatic heterocycles. The van der Waals surface area contributed by atoms with Crippen molar-refractivity contribution >= 4 is 11.6 Å². The summed E-state index contributed by atoms with van der Waals surface area (Å²) in [6, 6.07) is 1.93. The number of alkyl halides is 1. The van der Waals surface area contributed by atoms with Crippen LogP contribution in [0.5, 0.6) is 0 Å². The van der Waals surface area contributed by atoms with Crippen LogP contribution in [0.1, 0.15) is 12.0 Å². The Balaban J connectivity index is 3.02. The van der Waals surface area contributed by atoms with E-state index in [2.05, 4.69) is 11.8 Å². The van der Waals surface area contributed by atoms with Crippen molar-refractivity contribution in [3.63, 3.8) is 0 Å². The molecule has 0 aliphatic heterocycles. The van der Waals surface area contributed by atoms with Crippen LogP contribution in [-0.4, -0.2) is 5.88 Å². The normalized spacial score (nSPS) is 9.43. The van der Waals surface area contributed by atoms with E-state index in [0.717, 1.165) is 12.1 Å². The van der Waals surface area contributed by atoms with Crippen LogP contribution in [0.4, 0.5) is 13.2 Å². The molecule has 1 aromatic rings. The first-order valence-corrected chi connectivity index (χ1v) is 4.38. The van der Waals surface area contributed by atoms with Gasteiger partial charge in [0.25, 0.3) is 0 Å². The van der Waals surface area contributed by atoms with Gasteiger partial charge in [-0.25, -0.2) is 13.2 Å². The van der Waals surface area contributed by atoms with Crippen LogP contribution in [0.15, 0.2) is 12.1 Å². The second-order valence-corrected chi connectivity index (χ2v) is 2.84. The van der Waals surface area contributed by atoms with Gasteiger partial charge < -0.3 is 0 Å². The van der Waals surface area contributed by atoms with Gasteiger partial charge in [-0.2, -0.15) is 0 Å². The standard InChI is InChI=1S/C10H6ClF3/c11-6-2-1-3-7-4-5-8(12)10(14)9(7)13/h4-5H,2,6H2. The molecule has 0 saturated heterocycles. The highest BCUT2D eigenvalue weighted by Gasteiger charge is 2.11. The first-order valence-electron chi connectivity index (χ1n) is 3.85. The number of halogens is 4. The predicted octanol–water partition coefficient (Wildman–Crippen LogP) is 3.08. The molecule has 0 amide bonds. The molecule has 0 aliphatic carbocycles. The number of rotatable bonds is 1. The van der Waals surface area contributed by atoms with Crippen LogP contribution in [0.3, 0.4) is 0 Å². The third kappa shape index (κ3) is 2.43. The summed E-state index contributed by atoms with van der Waals surface area (Å²) in [5.74, 6) is 1.24. The second kappa shape index (κ2) is 4.92. The molecule has 0 N–H and O–H groups in total. The second-order valence-electron chi connectivity index (χ2n) is 2.46. The lowest BCUT2D eigenvalue weighted by atomic mass is 10.2. The van der Waals surface area contributed by atoms with Crippen molar-refractivity contribution in [3.05, 3.63) is 35.1 Å². The molecule has 74 valence electrons. The van der Waals surface area contributed by atoms with Gasteiger partial charge in [-0.05, 0) is 12.1 Å². The summed E-state index contributed by atoms with van der Waals surface area (Å²) >= 11 is 5.33. The quantitative estimate of drug-likeness (QED) is 0.386. The first kappa shape index (κ1) is 10.9. The molecule has 0 saturated carbocycles. The Hall–Kier alpha value is -1.14. The van der Waals surface area contributed by atoms with Gasteiger partial charge in [0.2, 0.25) is 0 Å². The van der Waals surface area contributed by atoms with Gasteiger partial charge in [0.05, 0.1) is 5.56 Å². The van der Waals surface area contributed by atoms with Crippen molar-refractivity contribution in [2.45, 2.75) is 6.42 Å². The van der Waals surface area contributed by atoms with Crippen molar-refractivity contribution in [1.82, 2.24) is 0 Å². The van der Waals surface area contributed by atoms with Crippen LogP contribution >= 0.6 is 11.6 Å². The van der Waals surface area contributed by atoms with Gasteiger partial charge in [-0.15, -0.1) is 11.6 Å². The molecular weight excluding hydrogens is 213 g/mol. The van der Waals surface area contributed by atoms with Crippen molar-refractivity contribution < 1.29 is 13.2 Å². The fourth-order valence-corrected chi connectivity index (χ4v) is 0.922. The fraction of sp³-hybridized carbons (Fsp3) is 0.200. The van der Waals surface area contributed by atoms with E-state index < -0.39 is 17.5 Å². The molecule has 0 atom stereocenters. The zero-order chi connectivity index (χ0) is 10.6. The summed E-state index contributed by atoms with van der Waals surface area (Å²) in [5.41, 5.74) is -0.158. The van der Waals surface area contributed by atoms with Crippen LogP contribution in [0.2, 0.25) is 0 Å². The average molecular weight is 219 g/mol. The van der Waals surface area contributed by atoms with Gasteiger partial charge in [-0.1, -0.05) is 11.8 Å². The third-order valence-corrected chi connectivity index (χ3v) is 1.67. The van der Waals surface area contributed by atoms with Crippen molar-refractivity contribution in [3.8, 4) is 11.8 Å². The largest absolute Gasteiger partial charge is 0.204 e. The molecule has 1 rings (SSSR count). The SMILES string of the molecule is Fc1ccc(C#CCCCl)c(F)c1F. The lowest BCUT2D eigenvalue weighted by Gasteiger charge is -1.96. The Morgan fingerprint density at radius 1 is 1.14 bits per heavy atom. The summed E-state index contributed by atoms with van der Waals surface area (Å²) < 4.78 is 38.1. The molecule has 0 nitrogen and oxygen atoms in total. The van der Waals surface area contributed by atoms with E-state index in [0.29, 0.717) is 12.3 Å². The van der Waals surface area contributed by atoms with Crippen molar-refractivity contribution in [1.29, 1.82) is 0 Å². The van der Waals surface area contributed by atoms with Gasteiger partial charge in [-0.3, -0.25) is 0 Å². The molecule has 4 heteroatoms. The zero-order valence-corrected chi connectivity index (χ0v) is 7.84. The minimum atomic E-state index is -1.50. The van der Waals surface area contributed by atoms with E-state index in [1.807, 2.05) is 0 Å². The van der Waals surface area contributed by atoms with Crippen LogP contribution in [-0.2, 0) is 0 Å². The maximum atomic E-state index is 12.9. The molecule has 0 bridgehead atoms. The molecule has 1 aromatic carbocycles. The Morgan fingerprint density at radius 2 is 1.86 bits per heavy atom. The topological polar surface area (TPSA) is 0 Å². The van der Waals surface area contributed by atoms with Crippen LogP contribution < -0.4 is 0 Å². The Kier molecular flexibility index (Phi) is 3.84. The zero-order valence-electron chi connectivity index (χ0n) is 7.08. The molecule has 0 spiro atoms. The number of hydrogen-bond acceptors (Lipinski definition) is 0. The molecule has 0 unspecified atom stereocenters. The Bertz CT molecular complexity index is 390. The minimum absolute atomic E-state index is 0.158. The van der Waals surface area contributed by atoms with Crippen molar-refractivity contribution in [2.24, 2.45) is 0 Å². The van der Waals surface area contributed by atoms with Crippen molar-refractivity contribution in [2.75, 3.05) is 5.88 Å². The molecular formula is C10H6ClF3. The van der Waals surface area contributed by atoms with E-state index in [4.69, 9.17) is 11.6 Å². The monoisotopic (exact) mass is 218 g/mol. The third-order valence-electron chi connectivity index (χ3n) is 1.48. The average Bonchev–Trinajstić information content (AvgIpc) is 2.18. The fourth-order valence-electron chi connectivity index (χ4n) is 0.827. The minimum Gasteiger partial charge on any atom is -0.204 e. The lowest BCUT2D eigenvalue weighted by Crippen LogP contribution is -1.93. The van der Waals surface area contributed by atoms with Gasteiger partial charge in [0.15, 0.2) is 17.5 Å². The Labute approximate surface area is 84.7 Å². The smallest absolute Gasteiger partial charge is 0.195 e. The van der Waals surface area contributed by atoms with E-state index in [9.17, 15) is 13.2 Å². The molecule has 0 fully saturated rings. The highest BCUT2D eigenvalue weighted by atomic mass is 35.5. The number of benzene rings is 1. The van der Waals surface area contributed by atoms with E-state index in [1.165, 1.54) is 0 Å². The maximum absolute atomic E-state index is 12.9. The molecule has 0 heterocycles. The summed E-state index contributed by atoms with van der Waals surface area (Å²) in [4.78, 5) is 0. The summed E-state index contributed by atoms with van der Waals surface area (Å²) in [5, 5.41) is 0. The first-order chi connectivity index (χ1) is 6.66. The van der Waals surface area contributed by atoms with Gasteiger partial charge in [0.1, 0.15) is 0 Å². The summed E-state index contributed by atoms with van der Waals surface area (Å²) in [7, 11) is 0. The Morgan fingerprint density at radius 3 is 2.50 bits per heavy atom. The van der Waals surface area contributed by atoms with Crippen LogP contribution in [0.25, 0.3) is 0 Å². The lowest BCUT2D eigenvalue weighted by molar-refractivity contribution is 0.446. The highest BCUT2D eigenvalue weighted by molar-refractivity contribution is 6.18. The van der Waals surface area contributed by atoms with Gasteiger partial charge in [0, 0.05) is 12.3 Å². The van der Waals surface area contributed by atoms with Gasteiger partial charge >= 0.3 is 0 Å². The number of hydrogen-bond donors (Lipinski definition) is 0. The van der Waals surface area contributed by atoms with E-state index in [-0.39, 0.29) is 5.56 Å². The predicted molar refractivity (Wildman–Crippen MR) is 48.5 cm³/mol. The van der Waals surface area contributed by atoms with E-state index in [1.54, 1.807) is 0 Å². The molecule has 0 radical (unpaired) electrons.